The summed E-state index contributed by atoms with van der Waals surface area (Å²) in [5.41, 5.74) is 0.458. The van der Waals surface area contributed by atoms with Crippen molar-refractivity contribution < 1.29 is 9.90 Å². The molecule has 2 aliphatic heterocycles. The molecule has 16 heavy (non-hydrogen) atoms. The molecular weight excluding hydrogens is 204 g/mol. The van der Waals surface area contributed by atoms with Crippen molar-refractivity contribution in [2.24, 2.45) is 17.3 Å². The Morgan fingerprint density at radius 3 is 2.50 bits per heavy atom. The van der Waals surface area contributed by atoms with Crippen LogP contribution in [0.2, 0.25) is 0 Å². The van der Waals surface area contributed by atoms with Gasteiger partial charge in [-0.2, -0.15) is 0 Å². The van der Waals surface area contributed by atoms with Gasteiger partial charge >= 0.3 is 0 Å². The molecule has 0 aromatic carbocycles. The zero-order valence-electron chi connectivity index (χ0n) is 9.94. The summed E-state index contributed by atoms with van der Waals surface area (Å²) in [6.07, 6.45) is 0.233. The molecule has 2 N–H and O–H groups in total. The quantitative estimate of drug-likeness (QED) is 0.650. The lowest BCUT2D eigenvalue weighted by Crippen LogP contribution is -2.44. The lowest BCUT2D eigenvalue weighted by atomic mass is 10.1. The highest BCUT2D eigenvalue weighted by Gasteiger charge is 2.62. The Morgan fingerprint density at radius 2 is 2.00 bits per heavy atom. The van der Waals surface area contributed by atoms with E-state index in [1.165, 1.54) is 0 Å². The van der Waals surface area contributed by atoms with Gasteiger partial charge in [-0.3, -0.25) is 4.79 Å². The number of carbonyl (C=O) groups is 1. The molecule has 0 aromatic heterocycles. The van der Waals surface area contributed by atoms with Crippen LogP contribution in [0.15, 0.2) is 0 Å². The van der Waals surface area contributed by atoms with Crippen molar-refractivity contribution in [1.82, 2.24) is 10.2 Å². The van der Waals surface area contributed by atoms with Crippen molar-refractivity contribution in [1.29, 1.82) is 0 Å². The number of carbonyl (C=O) groups excluding carboxylic acids is 1. The topological polar surface area (TPSA) is 52.6 Å². The molecule has 0 radical (unpaired) electrons. The first-order chi connectivity index (χ1) is 7.50. The summed E-state index contributed by atoms with van der Waals surface area (Å²) >= 11 is 0. The third kappa shape index (κ3) is 1.39. The lowest BCUT2D eigenvalue weighted by molar-refractivity contribution is -0.133. The third-order valence-corrected chi connectivity index (χ3v) is 4.84. The summed E-state index contributed by atoms with van der Waals surface area (Å²) in [6, 6.07) is -0.143. The maximum atomic E-state index is 12.1. The number of rotatable bonds is 1. The van der Waals surface area contributed by atoms with E-state index in [0.29, 0.717) is 30.2 Å². The highest BCUT2D eigenvalue weighted by molar-refractivity contribution is 5.82. The van der Waals surface area contributed by atoms with Gasteiger partial charge in [0.1, 0.15) is 0 Å². The van der Waals surface area contributed by atoms with Crippen LogP contribution in [0.1, 0.15) is 20.3 Å². The summed E-state index contributed by atoms with van der Waals surface area (Å²) in [4.78, 5) is 14.1. The lowest BCUT2D eigenvalue weighted by Gasteiger charge is -2.25. The van der Waals surface area contributed by atoms with Crippen LogP contribution in [0.25, 0.3) is 0 Å². The minimum absolute atomic E-state index is 0.143. The molecule has 2 heterocycles. The molecule has 1 amide bonds. The van der Waals surface area contributed by atoms with Gasteiger partial charge in [-0.25, -0.2) is 0 Å². The number of piperidine rings is 1. The van der Waals surface area contributed by atoms with Crippen molar-refractivity contribution in [2.45, 2.75) is 32.4 Å². The van der Waals surface area contributed by atoms with Gasteiger partial charge in [0, 0.05) is 19.6 Å². The molecular formula is C12H20N2O2. The van der Waals surface area contributed by atoms with E-state index in [9.17, 15) is 9.90 Å². The molecule has 2 saturated heterocycles. The Balaban J connectivity index is 1.58. The fourth-order valence-corrected chi connectivity index (χ4v) is 3.44. The van der Waals surface area contributed by atoms with Crippen LogP contribution in [0.5, 0.6) is 0 Å². The van der Waals surface area contributed by atoms with E-state index in [0.717, 1.165) is 13.1 Å². The number of β-amino-alcohol motifs (C(OH)–C–C–N with tert-alkyl or cyclic N) is 1. The predicted molar refractivity (Wildman–Crippen MR) is 59.8 cm³/mol. The van der Waals surface area contributed by atoms with Gasteiger partial charge in [-0.05, 0) is 23.7 Å². The maximum absolute atomic E-state index is 12.1. The van der Waals surface area contributed by atoms with Crippen LogP contribution in [0, 0.1) is 17.3 Å². The van der Waals surface area contributed by atoms with Crippen molar-refractivity contribution in [2.75, 3.05) is 19.6 Å². The molecule has 3 aliphatic rings. The molecule has 0 bridgehead atoms. The number of likely N-dealkylation sites (tertiary alicyclic amines) is 1. The first kappa shape index (κ1) is 10.5. The summed E-state index contributed by atoms with van der Waals surface area (Å²) < 4.78 is 0. The SMILES string of the molecule is CC1(C)C2CN(C(=O)C3CC(O)CN3)CC21. The van der Waals surface area contributed by atoms with E-state index in [-0.39, 0.29) is 18.1 Å². The minimum Gasteiger partial charge on any atom is -0.392 e. The zero-order chi connectivity index (χ0) is 11.5. The molecule has 0 spiro atoms. The Labute approximate surface area is 96.0 Å². The average Bonchev–Trinajstić information content (AvgIpc) is 2.72. The van der Waals surface area contributed by atoms with Crippen LogP contribution < -0.4 is 5.32 Å². The van der Waals surface area contributed by atoms with E-state index < -0.39 is 0 Å². The molecule has 4 nitrogen and oxygen atoms in total. The zero-order valence-corrected chi connectivity index (χ0v) is 9.94. The summed E-state index contributed by atoms with van der Waals surface area (Å²) in [5, 5.41) is 12.5. The van der Waals surface area contributed by atoms with Gasteiger partial charge in [0.25, 0.3) is 0 Å². The Bertz CT molecular complexity index is 315. The molecule has 4 atom stereocenters. The fraction of sp³-hybridized carbons (Fsp3) is 0.917. The standard InChI is InChI=1S/C12H20N2O2/c1-12(2)8-5-14(6-9(8)12)11(16)10-3-7(15)4-13-10/h7-10,13,15H,3-6H2,1-2H3. The summed E-state index contributed by atoms with van der Waals surface area (Å²) in [6.45, 7) is 6.99. The first-order valence-corrected chi connectivity index (χ1v) is 6.20. The second kappa shape index (κ2) is 3.20. The molecule has 1 saturated carbocycles. The van der Waals surface area contributed by atoms with E-state index in [1.54, 1.807) is 0 Å². The number of amides is 1. The number of aliphatic hydroxyl groups is 1. The summed E-state index contributed by atoms with van der Waals surface area (Å²) in [5.74, 6) is 1.62. The van der Waals surface area contributed by atoms with Gasteiger partial charge in [-0.15, -0.1) is 0 Å². The van der Waals surface area contributed by atoms with Gasteiger partial charge < -0.3 is 15.3 Å². The van der Waals surface area contributed by atoms with Crippen LogP contribution >= 0.6 is 0 Å². The van der Waals surface area contributed by atoms with Crippen LogP contribution in [0.3, 0.4) is 0 Å². The molecule has 0 aromatic rings. The smallest absolute Gasteiger partial charge is 0.239 e. The van der Waals surface area contributed by atoms with Gasteiger partial charge in [-0.1, -0.05) is 13.8 Å². The van der Waals surface area contributed by atoms with Gasteiger partial charge in [0.2, 0.25) is 5.91 Å². The fourth-order valence-electron chi connectivity index (χ4n) is 3.44. The second-order valence-corrected chi connectivity index (χ2v) is 6.13. The summed E-state index contributed by atoms with van der Waals surface area (Å²) in [7, 11) is 0. The largest absolute Gasteiger partial charge is 0.392 e. The van der Waals surface area contributed by atoms with Crippen molar-refractivity contribution >= 4 is 5.91 Å². The van der Waals surface area contributed by atoms with Crippen molar-refractivity contribution in [3.05, 3.63) is 0 Å². The Kier molecular flexibility index (Phi) is 2.11. The number of nitrogens with one attached hydrogen (secondary N) is 1. The normalized spacial score (nSPS) is 44.6. The Hall–Kier alpha value is -0.610. The molecule has 4 unspecified atom stereocenters. The number of hydrogen-bond donors (Lipinski definition) is 2. The minimum atomic E-state index is -0.345. The Morgan fingerprint density at radius 1 is 1.38 bits per heavy atom. The molecule has 1 aliphatic carbocycles. The number of nitrogens with zero attached hydrogens (tertiary/aromatic N) is 1. The predicted octanol–water partition coefficient (Wildman–Crippen LogP) is -0.176. The van der Waals surface area contributed by atoms with Crippen LogP contribution in [-0.4, -0.2) is 47.7 Å². The molecule has 3 fully saturated rings. The van der Waals surface area contributed by atoms with Gasteiger partial charge in [0.15, 0.2) is 0 Å². The average molecular weight is 224 g/mol. The molecule has 90 valence electrons. The van der Waals surface area contributed by atoms with Crippen LogP contribution in [0.4, 0.5) is 0 Å². The number of aliphatic hydroxyl groups excluding tert-OH is 1. The highest BCUT2D eigenvalue weighted by atomic mass is 16.3. The number of hydrogen-bond acceptors (Lipinski definition) is 3. The van der Waals surface area contributed by atoms with E-state index in [2.05, 4.69) is 19.2 Å². The van der Waals surface area contributed by atoms with E-state index in [1.807, 2.05) is 4.90 Å². The van der Waals surface area contributed by atoms with E-state index >= 15 is 0 Å². The maximum Gasteiger partial charge on any atom is 0.239 e. The number of fused-ring (bicyclic) bond motifs is 1. The van der Waals surface area contributed by atoms with Gasteiger partial charge in [0.05, 0.1) is 12.1 Å². The molecule has 4 heteroatoms. The van der Waals surface area contributed by atoms with Crippen molar-refractivity contribution in [3.8, 4) is 0 Å². The van der Waals surface area contributed by atoms with Crippen molar-refractivity contribution in [3.63, 3.8) is 0 Å². The van der Waals surface area contributed by atoms with Crippen LogP contribution in [-0.2, 0) is 4.79 Å². The monoisotopic (exact) mass is 224 g/mol. The van der Waals surface area contributed by atoms with E-state index in [4.69, 9.17) is 0 Å². The first-order valence-electron chi connectivity index (χ1n) is 6.20. The third-order valence-electron chi connectivity index (χ3n) is 4.84. The molecule has 3 rings (SSSR count). The second-order valence-electron chi connectivity index (χ2n) is 6.13. The highest BCUT2D eigenvalue weighted by Crippen LogP contribution is 2.61.